The summed E-state index contributed by atoms with van der Waals surface area (Å²) in [6.07, 6.45) is 2.51. The van der Waals surface area contributed by atoms with E-state index in [1.165, 1.54) is 17.4 Å². The van der Waals surface area contributed by atoms with Crippen molar-refractivity contribution in [2.45, 2.75) is 19.3 Å². The van der Waals surface area contributed by atoms with Crippen molar-refractivity contribution in [3.05, 3.63) is 85.3 Å². The van der Waals surface area contributed by atoms with Crippen LogP contribution in [0.15, 0.2) is 74.2 Å². The third kappa shape index (κ3) is 6.27. The summed E-state index contributed by atoms with van der Waals surface area (Å²) in [7, 11) is 0. The first-order valence-corrected chi connectivity index (χ1v) is 9.57. The first-order chi connectivity index (χ1) is 14.8. The number of hydrogen-bond acceptors (Lipinski definition) is 4. The van der Waals surface area contributed by atoms with Crippen molar-refractivity contribution in [1.82, 2.24) is 5.32 Å². The fourth-order valence-corrected chi connectivity index (χ4v) is 2.93. The van der Waals surface area contributed by atoms with Crippen LogP contribution in [0.3, 0.4) is 0 Å². The molecule has 0 aliphatic carbocycles. The summed E-state index contributed by atoms with van der Waals surface area (Å²) in [5.74, 6) is 0. The van der Waals surface area contributed by atoms with Crippen LogP contribution < -0.4 is 21.3 Å². The molecule has 0 radical (unpaired) electrons. The van der Waals surface area contributed by atoms with Gasteiger partial charge in [-0.2, -0.15) is 0 Å². The van der Waals surface area contributed by atoms with E-state index in [2.05, 4.69) is 37.6 Å². The van der Waals surface area contributed by atoms with Crippen LogP contribution in [0.5, 0.6) is 0 Å². The lowest BCUT2D eigenvalue weighted by Gasteiger charge is -2.27. The average Bonchev–Trinajstić information content (AvgIpc) is 2.75. The van der Waals surface area contributed by atoms with Crippen LogP contribution in [0.25, 0.3) is 0 Å². The van der Waals surface area contributed by atoms with Crippen molar-refractivity contribution < 1.29 is 19.1 Å². The van der Waals surface area contributed by atoms with Crippen LogP contribution in [-0.2, 0) is 14.9 Å². The minimum Gasteiger partial charge on any atom is -0.481 e. The summed E-state index contributed by atoms with van der Waals surface area (Å²) in [4.78, 5) is 24.8. The largest absolute Gasteiger partial charge is 0.481 e. The highest BCUT2D eigenvalue weighted by Gasteiger charge is 2.24. The van der Waals surface area contributed by atoms with Crippen LogP contribution in [0.2, 0.25) is 0 Å². The Morgan fingerprint density at radius 2 is 1.55 bits per heavy atom. The van der Waals surface area contributed by atoms with E-state index in [4.69, 9.17) is 15.2 Å². The SMILES string of the molecule is C=COCNC(=O)Nc1ccc(C(C)(C)c2ccc(N(COC=C)C(N)=O)cc2)cc1. The summed E-state index contributed by atoms with van der Waals surface area (Å²) >= 11 is 0. The Balaban J connectivity index is 2.11. The van der Waals surface area contributed by atoms with Crippen LogP contribution in [0.1, 0.15) is 25.0 Å². The van der Waals surface area contributed by atoms with Gasteiger partial charge in [0.1, 0.15) is 0 Å². The zero-order valence-corrected chi connectivity index (χ0v) is 17.8. The minimum absolute atomic E-state index is 0.0106. The molecule has 0 aromatic heterocycles. The maximum Gasteiger partial charge on any atom is 0.322 e. The Labute approximate surface area is 182 Å². The summed E-state index contributed by atoms with van der Waals surface area (Å²) in [6.45, 7) is 11.1. The van der Waals surface area contributed by atoms with E-state index < -0.39 is 6.03 Å². The van der Waals surface area contributed by atoms with Gasteiger partial charge in [-0.25, -0.2) is 9.59 Å². The van der Waals surface area contributed by atoms with E-state index in [1.807, 2.05) is 48.5 Å². The van der Waals surface area contributed by atoms with Crippen LogP contribution in [0.4, 0.5) is 21.0 Å². The maximum absolute atomic E-state index is 11.8. The van der Waals surface area contributed by atoms with Gasteiger partial charge in [-0.05, 0) is 35.4 Å². The number of rotatable bonds is 10. The molecule has 0 atom stereocenters. The zero-order chi connectivity index (χ0) is 22.9. The molecule has 2 aromatic carbocycles. The smallest absolute Gasteiger partial charge is 0.322 e. The highest BCUT2D eigenvalue weighted by molar-refractivity contribution is 5.90. The monoisotopic (exact) mass is 424 g/mol. The molecule has 0 spiro atoms. The molecule has 0 aliphatic heterocycles. The number of hydrogen-bond donors (Lipinski definition) is 3. The molecule has 4 N–H and O–H groups in total. The molecule has 2 aromatic rings. The first kappa shape index (κ1) is 23.3. The molecule has 4 amide bonds. The fraction of sp³-hybridized carbons (Fsp3) is 0.217. The topological polar surface area (TPSA) is 106 Å². The van der Waals surface area contributed by atoms with Gasteiger partial charge in [0.05, 0.1) is 12.5 Å². The number of anilines is 2. The van der Waals surface area contributed by atoms with Crippen molar-refractivity contribution in [2.24, 2.45) is 5.73 Å². The van der Waals surface area contributed by atoms with Crippen molar-refractivity contribution in [2.75, 3.05) is 23.7 Å². The lowest BCUT2D eigenvalue weighted by molar-refractivity contribution is 0.211. The van der Waals surface area contributed by atoms with Gasteiger partial charge in [-0.3, -0.25) is 4.90 Å². The van der Waals surface area contributed by atoms with Gasteiger partial charge in [0.15, 0.2) is 13.5 Å². The summed E-state index contributed by atoms with van der Waals surface area (Å²) in [5, 5.41) is 5.28. The van der Waals surface area contributed by atoms with Gasteiger partial charge < -0.3 is 25.8 Å². The molecule has 31 heavy (non-hydrogen) atoms. The van der Waals surface area contributed by atoms with Crippen LogP contribution in [-0.4, -0.2) is 25.5 Å². The van der Waals surface area contributed by atoms with E-state index in [0.717, 1.165) is 11.1 Å². The summed E-state index contributed by atoms with van der Waals surface area (Å²) in [5.41, 5.74) is 8.51. The van der Waals surface area contributed by atoms with E-state index in [1.54, 1.807) is 0 Å². The molecular formula is C23H28N4O4. The number of carbonyl (C=O) groups excluding carboxylic acids is 2. The molecule has 0 bridgehead atoms. The third-order valence-electron chi connectivity index (χ3n) is 4.79. The summed E-state index contributed by atoms with van der Waals surface area (Å²) in [6, 6.07) is 14.1. The Kier molecular flexibility index (Phi) is 8.08. The van der Waals surface area contributed by atoms with E-state index >= 15 is 0 Å². The Morgan fingerprint density at radius 3 is 2.06 bits per heavy atom. The number of nitrogens with zero attached hydrogens (tertiary/aromatic N) is 1. The van der Waals surface area contributed by atoms with Gasteiger partial charge in [0.25, 0.3) is 0 Å². The van der Waals surface area contributed by atoms with Gasteiger partial charge in [0.2, 0.25) is 0 Å². The number of ether oxygens (including phenoxy) is 2. The number of amides is 4. The lowest BCUT2D eigenvalue weighted by atomic mass is 9.78. The zero-order valence-electron chi connectivity index (χ0n) is 17.8. The number of nitrogens with one attached hydrogen (secondary N) is 2. The number of nitrogens with two attached hydrogens (primary N) is 1. The van der Waals surface area contributed by atoms with Gasteiger partial charge >= 0.3 is 12.1 Å². The van der Waals surface area contributed by atoms with E-state index in [9.17, 15) is 9.59 Å². The van der Waals surface area contributed by atoms with Crippen LogP contribution in [0, 0.1) is 0 Å². The van der Waals surface area contributed by atoms with Crippen molar-refractivity contribution >= 4 is 23.4 Å². The highest BCUT2D eigenvalue weighted by atomic mass is 16.5. The number of carbonyl (C=O) groups is 2. The van der Waals surface area contributed by atoms with Gasteiger partial charge in [0, 0.05) is 16.8 Å². The minimum atomic E-state index is -0.614. The first-order valence-electron chi connectivity index (χ1n) is 9.57. The lowest BCUT2D eigenvalue weighted by Crippen LogP contribution is -2.37. The third-order valence-corrected chi connectivity index (χ3v) is 4.79. The molecule has 0 aliphatic rings. The van der Waals surface area contributed by atoms with Crippen molar-refractivity contribution in [3.8, 4) is 0 Å². The van der Waals surface area contributed by atoms with E-state index in [-0.39, 0.29) is 24.9 Å². The quantitative estimate of drug-likeness (QED) is 0.301. The number of primary amides is 1. The van der Waals surface area contributed by atoms with Crippen LogP contribution >= 0.6 is 0 Å². The molecule has 0 saturated carbocycles. The van der Waals surface area contributed by atoms with E-state index in [0.29, 0.717) is 11.4 Å². The summed E-state index contributed by atoms with van der Waals surface area (Å²) < 4.78 is 9.95. The van der Waals surface area contributed by atoms with Gasteiger partial charge in [-0.15, -0.1) is 0 Å². The second kappa shape index (κ2) is 10.7. The number of urea groups is 2. The second-order valence-corrected chi connectivity index (χ2v) is 7.09. The van der Waals surface area contributed by atoms with Crippen molar-refractivity contribution in [1.29, 1.82) is 0 Å². The molecule has 8 heteroatoms. The Bertz CT molecular complexity index is 908. The molecule has 0 heterocycles. The predicted octanol–water partition coefficient (Wildman–Crippen LogP) is 4.25. The molecule has 0 fully saturated rings. The molecule has 8 nitrogen and oxygen atoms in total. The Hall–Kier alpha value is -3.94. The maximum atomic E-state index is 11.8. The van der Waals surface area contributed by atoms with Crippen molar-refractivity contribution in [3.63, 3.8) is 0 Å². The molecule has 0 saturated heterocycles. The molecule has 2 rings (SSSR count). The standard InChI is InChI=1S/C23H28N4O4/c1-5-30-15-25-22(29)26-19-11-7-17(8-12-19)23(3,4)18-9-13-20(14-10-18)27(21(24)28)16-31-6-2/h5-14H,1-2,15-16H2,3-4H3,(H2,24,28)(H2,25,26,29). The molecule has 0 unspecified atom stereocenters. The molecule has 164 valence electrons. The highest BCUT2D eigenvalue weighted by Crippen LogP contribution is 2.33. The predicted molar refractivity (Wildman–Crippen MR) is 122 cm³/mol. The Morgan fingerprint density at radius 1 is 1.00 bits per heavy atom. The fourth-order valence-electron chi connectivity index (χ4n) is 2.93. The second-order valence-electron chi connectivity index (χ2n) is 7.09. The van der Waals surface area contributed by atoms with Gasteiger partial charge in [-0.1, -0.05) is 51.3 Å². The number of benzene rings is 2. The molecular weight excluding hydrogens is 396 g/mol. The average molecular weight is 425 g/mol. The normalized spacial score (nSPS) is 10.5.